The number of anilines is 1. The van der Waals surface area contributed by atoms with Crippen molar-refractivity contribution in [1.82, 2.24) is 4.90 Å². The van der Waals surface area contributed by atoms with Crippen molar-refractivity contribution in [2.24, 2.45) is 0 Å². The van der Waals surface area contributed by atoms with E-state index in [4.69, 9.17) is 21.1 Å². The monoisotopic (exact) mass is 380 g/mol. The van der Waals surface area contributed by atoms with Gasteiger partial charge in [0.2, 0.25) is 5.91 Å². The highest BCUT2D eigenvalue weighted by atomic mass is 35.5. The SMILES string of the molecule is CC(=O)N1CCOc2c1cc1c(c2Cl)CCN(C(=O)OC(C)(C)C)CC1. The number of amides is 2. The Labute approximate surface area is 159 Å². The number of nitrogens with zero attached hydrogens (tertiary/aromatic N) is 2. The largest absolute Gasteiger partial charge is 0.488 e. The van der Waals surface area contributed by atoms with Gasteiger partial charge < -0.3 is 19.3 Å². The van der Waals surface area contributed by atoms with Crippen LogP contribution < -0.4 is 9.64 Å². The van der Waals surface area contributed by atoms with Crippen molar-refractivity contribution in [3.8, 4) is 5.75 Å². The minimum Gasteiger partial charge on any atom is -0.488 e. The average Bonchev–Trinajstić information content (AvgIpc) is 2.76. The minimum atomic E-state index is -0.525. The Morgan fingerprint density at radius 3 is 2.54 bits per heavy atom. The molecule has 0 fully saturated rings. The van der Waals surface area contributed by atoms with Crippen LogP contribution in [-0.4, -0.2) is 48.7 Å². The topological polar surface area (TPSA) is 59.1 Å². The molecule has 0 N–H and O–H groups in total. The van der Waals surface area contributed by atoms with Crippen molar-refractivity contribution in [3.63, 3.8) is 0 Å². The summed E-state index contributed by atoms with van der Waals surface area (Å²) in [5, 5.41) is 0.550. The Balaban J connectivity index is 1.88. The van der Waals surface area contributed by atoms with Crippen molar-refractivity contribution < 1.29 is 19.1 Å². The molecule has 0 aliphatic carbocycles. The third-order valence-corrected chi connectivity index (χ3v) is 4.96. The zero-order chi connectivity index (χ0) is 19.1. The van der Waals surface area contributed by atoms with Crippen molar-refractivity contribution in [2.45, 2.75) is 46.1 Å². The van der Waals surface area contributed by atoms with Gasteiger partial charge in [-0.2, -0.15) is 0 Å². The highest BCUT2D eigenvalue weighted by Gasteiger charge is 2.30. The number of halogens is 1. The number of carbonyl (C=O) groups is 2. The average molecular weight is 381 g/mol. The molecule has 0 spiro atoms. The van der Waals surface area contributed by atoms with E-state index in [1.165, 1.54) is 0 Å². The molecule has 2 amide bonds. The highest BCUT2D eigenvalue weighted by Crippen LogP contribution is 2.43. The second-order valence-electron chi connectivity index (χ2n) is 7.66. The van der Waals surface area contributed by atoms with Crippen LogP contribution in [0.4, 0.5) is 10.5 Å². The summed E-state index contributed by atoms with van der Waals surface area (Å²) in [7, 11) is 0. The van der Waals surface area contributed by atoms with E-state index < -0.39 is 5.60 Å². The summed E-state index contributed by atoms with van der Waals surface area (Å²) >= 11 is 6.62. The smallest absolute Gasteiger partial charge is 0.410 e. The molecule has 0 saturated heterocycles. The van der Waals surface area contributed by atoms with Crippen LogP contribution >= 0.6 is 11.6 Å². The van der Waals surface area contributed by atoms with Crippen LogP contribution in [0, 0.1) is 0 Å². The van der Waals surface area contributed by atoms with Gasteiger partial charge in [-0.15, -0.1) is 0 Å². The van der Waals surface area contributed by atoms with Crippen molar-refractivity contribution in [1.29, 1.82) is 0 Å². The molecule has 0 aromatic heterocycles. The van der Waals surface area contributed by atoms with Gasteiger partial charge in [-0.05, 0) is 50.8 Å². The van der Waals surface area contributed by atoms with Crippen LogP contribution in [0.25, 0.3) is 0 Å². The Morgan fingerprint density at radius 1 is 1.19 bits per heavy atom. The normalized spacial score (nSPS) is 17.0. The molecule has 1 aromatic carbocycles. The zero-order valence-electron chi connectivity index (χ0n) is 15.7. The van der Waals surface area contributed by atoms with Gasteiger partial charge in [0, 0.05) is 20.0 Å². The summed E-state index contributed by atoms with van der Waals surface area (Å²) in [5.74, 6) is 0.534. The summed E-state index contributed by atoms with van der Waals surface area (Å²) < 4.78 is 11.2. The number of fused-ring (bicyclic) bond motifs is 2. The number of carbonyl (C=O) groups excluding carboxylic acids is 2. The molecule has 26 heavy (non-hydrogen) atoms. The fraction of sp³-hybridized carbons (Fsp3) is 0.579. The first-order valence-corrected chi connectivity index (χ1v) is 9.28. The predicted molar refractivity (Wildman–Crippen MR) is 100 cm³/mol. The highest BCUT2D eigenvalue weighted by molar-refractivity contribution is 6.33. The van der Waals surface area contributed by atoms with E-state index in [-0.39, 0.29) is 12.0 Å². The Kier molecular flexibility index (Phi) is 5.06. The molecule has 2 heterocycles. The van der Waals surface area contributed by atoms with E-state index in [1.807, 2.05) is 26.8 Å². The second kappa shape index (κ2) is 6.99. The van der Waals surface area contributed by atoms with Crippen LogP contribution in [0.1, 0.15) is 38.8 Å². The lowest BCUT2D eigenvalue weighted by Crippen LogP contribution is -2.38. The number of rotatable bonds is 0. The van der Waals surface area contributed by atoms with Gasteiger partial charge in [-0.25, -0.2) is 4.79 Å². The van der Waals surface area contributed by atoms with Gasteiger partial charge in [0.1, 0.15) is 12.2 Å². The van der Waals surface area contributed by atoms with E-state index in [0.29, 0.717) is 49.9 Å². The van der Waals surface area contributed by atoms with Crippen LogP contribution in [0.3, 0.4) is 0 Å². The van der Waals surface area contributed by atoms with Gasteiger partial charge in [0.25, 0.3) is 0 Å². The molecular formula is C19H25ClN2O4. The van der Waals surface area contributed by atoms with Crippen molar-refractivity contribution in [3.05, 3.63) is 22.2 Å². The number of hydrogen-bond donors (Lipinski definition) is 0. The summed E-state index contributed by atoms with van der Waals surface area (Å²) in [5.41, 5.74) is 2.24. The van der Waals surface area contributed by atoms with E-state index in [9.17, 15) is 9.59 Å². The third-order valence-electron chi connectivity index (χ3n) is 4.56. The summed E-state index contributed by atoms with van der Waals surface area (Å²) in [6, 6.07) is 1.98. The quantitative estimate of drug-likeness (QED) is 0.692. The summed E-state index contributed by atoms with van der Waals surface area (Å²) in [6.07, 6.45) is 0.977. The molecule has 7 heteroatoms. The Morgan fingerprint density at radius 2 is 1.88 bits per heavy atom. The number of ether oxygens (including phenoxy) is 2. The lowest BCUT2D eigenvalue weighted by atomic mass is 10.00. The molecule has 0 saturated carbocycles. The molecule has 0 bridgehead atoms. The lowest BCUT2D eigenvalue weighted by Gasteiger charge is -2.30. The molecule has 6 nitrogen and oxygen atoms in total. The predicted octanol–water partition coefficient (Wildman–Crippen LogP) is 3.42. The fourth-order valence-electron chi connectivity index (χ4n) is 3.35. The first kappa shape index (κ1) is 18.8. The maximum Gasteiger partial charge on any atom is 0.410 e. The molecule has 0 atom stereocenters. The summed E-state index contributed by atoms with van der Waals surface area (Å²) in [6.45, 7) is 9.15. The molecule has 2 aliphatic rings. The third kappa shape index (κ3) is 3.75. The first-order chi connectivity index (χ1) is 12.2. The fourth-order valence-corrected chi connectivity index (χ4v) is 3.72. The minimum absolute atomic E-state index is 0.0328. The molecule has 1 aromatic rings. The van der Waals surface area contributed by atoms with Crippen molar-refractivity contribution >= 4 is 29.3 Å². The van der Waals surface area contributed by atoms with Crippen LogP contribution in [-0.2, 0) is 22.4 Å². The van der Waals surface area contributed by atoms with Gasteiger partial charge in [-0.3, -0.25) is 4.79 Å². The van der Waals surface area contributed by atoms with Gasteiger partial charge in [0.15, 0.2) is 5.75 Å². The van der Waals surface area contributed by atoms with Crippen LogP contribution in [0.15, 0.2) is 6.07 Å². The van der Waals surface area contributed by atoms with Gasteiger partial charge in [-0.1, -0.05) is 11.6 Å². The Hall–Kier alpha value is -1.95. The Bertz CT molecular complexity index is 742. The number of benzene rings is 1. The lowest BCUT2D eigenvalue weighted by molar-refractivity contribution is -0.116. The van der Waals surface area contributed by atoms with E-state index >= 15 is 0 Å². The number of hydrogen-bond acceptors (Lipinski definition) is 4. The molecule has 2 aliphatic heterocycles. The van der Waals surface area contributed by atoms with E-state index in [0.717, 1.165) is 16.8 Å². The molecule has 3 rings (SSSR count). The molecule has 0 radical (unpaired) electrons. The second-order valence-corrected chi connectivity index (χ2v) is 8.04. The van der Waals surface area contributed by atoms with E-state index in [2.05, 4.69) is 0 Å². The maximum absolute atomic E-state index is 12.4. The van der Waals surface area contributed by atoms with Gasteiger partial charge in [0.05, 0.1) is 17.3 Å². The molecular weight excluding hydrogens is 356 g/mol. The van der Waals surface area contributed by atoms with E-state index in [1.54, 1.807) is 16.7 Å². The first-order valence-electron chi connectivity index (χ1n) is 8.90. The maximum atomic E-state index is 12.4. The summed E-state index contributed by atoms with van der Waals surface area (Å²) in [4.78, 5) is 27.7. The zero-order valence-corrected chi connectivity index (χ0v) is 16.5. The molecule has 142 valence electrons. The van der Waals surface area contributed by atoms with Crippen LogP contribution in [0.5, 0.6) is 5.75 Å². The van der Waals surface area contributed by atoms with Gasteiger partial charge >= 0.3 is 6.09 Å². The van der Waals surface area contributed by atoms with Crippen LogP contribution in [0.2, 0.25) is 5.02 Å². The standard InChI is InChI=1S/C19H25ClN2O4/c1-12(23)22-9-10-25-17-15(22)11-13-5-7-21(8-6-14(13)16(17)20)18(24)26-19(2,3)4/h11H,5-10H2,1-4H3. The van der Waals surface area contributed by atoms with Crippen molar-refractivity contribution in [2.75, 3.05) is 31.1 Å². The molecule has 0 unspecified atom stereocenters.